The van der Waals surface area contributed by atoms with Crippen LogP contribution in [0.3, 0.4) is 0 Å². The molecule has 0 amide bonds. The molecule has 1 N–H and O–H groups in total. The standard InChI is InChI=1S/C32H67AsO/c1-3-5-7-9-11-13-15-17-19-21-23-25-27-29-31-33(34)32-30-28-26-24-22-20-18-16-14-12-10-8-6-4-2/h34H,3-32H2,1-2H3. The van der Waals surface area contributed by atoms with Crippen molar-refractivity contribution in [2.75, 3.05) is 0 Å². The number of unbranched alkanes of at least 4 members (excludes halogenated alkanes) is 26. The average Bonchev–Trinajstić information content (AvgIpc) is 2.84. The molecule has 0 aromatic carbocycles. The summed E-state index contributed by atoms with van der Waals surface area (Å²) >= 11 is -1.45. The van der Waals surface area contributed by atoms with Gasteiger partial charge in [0.1, 0.15) is 0 Å². The van der Waals surface area contributed by atoms with Gasteiger partial charge in [0.2, 0.25) is 0 Å². The molecule has 0 atom stereocenters. The molecular weight excluding hydrogens is 475 g/mol. The fourth-order valence-electron chi connectivity index (χ4n) is 5.09. The molecule has 0 bridgehead atoms. The second-order valence-corrected chi connectivity index (χ2v) is 15.1. The number of hydrogen-bond donors (Lipinski definition) is 1. The zero-order chi connectivity index (χ0) is 24.8. The second kappa shape index (κ2) is 31.5. The Balaban J connectivity index is 3.13. The zero-order valence-electron chi connectivity index (χ0n) is 24.1. The molecule has 0 aromatic heterocycles. The molecule has 1 nitrogen and oxygen atoms in total. The molecule has 34 heavy (non-hydrogen) atoms. The molecule has 0 spiro atoms. The van der Waals surface area contributed by atoms with Gasteiger partial charge in [-0.25, -0.2) is 0 Å². The van der Waals surface area contributed by atoms with Crippen molar-refractivity contribution in [1.29, 1.82) is 0 Å². The van der Waals surface area contributed by atoms with Gasteiger partial charge in [0.15, 0.2) is 0 Å². The molecule has 0 rings (SSSR count). The molecule has 0 radical (unpaired) electrons. The first-order valence-corrected chi connectivity index (χ1v) is 19.7. The quantitative estimate of drug-likeness (QED) is 0.0707. The van der Waals surface area contributed by atoms with Crippen LogP contribution in [0.2, 0.25) is 10.4 Å². The van der Waals surface area contributed by atoms with Crippen LogP contribution in [0.1, 0.15) is 194 Å². The third-order valence-electron chi connectivity index (χ3n) is 7.54. The van der Waals surface area contributed by atoms with Crippen LogP contribution in [0.5, 0.6) is 0 Å². The maximum absolute atomic E-state index is 10.4. The summed E-state index contributed by atoms with van der Waals surface area (Å²) in [6, 6.07) is 0. The summed E-state index contributed by atoms with van der Waals surface area (Å²) in [5.74, 6) is 0. The summed E-state index contributed by atoms with van der Waals surface area (Å²) in [7, 11) is 0. The summed E-state index contributed by atoms with van der Waals surface area (Å²) in [5.41, 5.74) is 0. The van der Waals surface area contributed by atoms with Crippen molar-refractivity contribution in [3.8, 4) is 0 Å². The molecule has 0 unspecified atom stereocenters. The molecule has 0 aromatic rings. The smallest absolute Gasteiger partial charge is 0.0654 e. The van der Waals surface area contributed by atoms with Gasteiger partial charge in [-0.05, 0) is 0 Å². The topological polar surface area (TPSA) is 20.2 Å². The SMILES string of the molecule is CCCCCCCCCCCCCCCC[As](O)CCCCCCCCCCCCCCCC. The van der Waals surface area contributed by atoms with Crippen molar-refractivity contribution in [3.63, 3.8) is 0 Å². The number of hydrogen-bond acceptors (Lipinski definition) is 1. The van der Waals surface area contributed by atoms with Crippen molar-refractivity contribution < 1.29 is 4.10 Å². The van der Waals surface area contributed by atoms with E-state index in [1.807, 2.05) is 0 Å². The Labute approximate surface area is 222 Å². The monoisotopic (exact) mass is 542 g/mol. The van der Waals surface area contributed by atoms with E-state index in [0.717, 1.165) is 0 Å². The summed E-state index contributed by atoms with van der Waals surface area (Å²) < 4.78 is 10.4. The van der Waals surface area contributed by atoms with Gasteiger partial charge < -0.3 is 0 Å². The summed E-state index contributed by atoms with van der Waals surface area (Å²) in [5, 5.41) is 2.37. The average molecular weight is 543 g/mol. The first kappa shape index (κ1) is 34.5. The van der Waals surface area contributed by atoms with Crippen LogP contribution in [0.15, 0.2) is 0 Å². The van der Waals surface area contributed by atoms with E-state index in [1.165, 1.54) is 190 Å². The number of rotatable bonds is 30. The molecule has 206 valence electrons. The molecule has 0 aliphatic carbocycles. The van der Waals surface area contributed by atoms with Gasteiger partial charge in [0.25, 0.3) is 0 Å². The van der Waals surface area contributed by atoms with Crippen molar-refractivity contribution >= 4 is 15.0 Å². The van der Waals surface area contributed by atoms with Crippen molar-refractivity contribution in [1.82, 2.24) is 0 Å². The first-order valence-electron chi connectivity index (χ1n) is 16.2. The normalized spacial score (nSPS) is 11.6. The Kier molecular flexibility index (Phi) is 32.0. The molecule has 0 fully saturated rings. The van der Waals surface area contributed by atoms with Crippen LogP contribution in [0.4, 0.5) is 0 Å². The molecule has 0 heterocycles. The van der Waals surface area contributed by atoms with Crippen LogP contribution in [-0.2, 0) is 0 Å². The van der Waals surface area contributed by atoms with Gasteiger partial charge >= 0.3 is 171 Å². The fraction of sp³-hybridized carbons (Fsp3) is 1.00. The molecule has 0 aliphatic rings. The Morgan fingerprint density at radius 2 is 0.471 bits per heavy atom. The maximum atomic E-state index is 10.4. The third kappa shape index (κ3) is 30.5. The molecule has 0 saturated carbocycles. The molecular formula is C32H67AsO. The van der Waals surface area contributed by atoms with Gasteiger partial charge in [-0.2, -0.15) is 0 Å². The minimum atomic E-state index is -1.45. The van der Waals surface area contributed by atoms with Gasteiger partial charge in [0.05, 0.1) is 0 Å². The summed E-state index contributed by atoms with van der Waals surface area (Å²) in [6.07, 6.45) is 39.9. The Morgan fingerprint density at radius 1 is 0.294 bits per heavy atom. The van der Waals surface area contributed by atoms with Crippen LogP contribution in [-0.4, -0.2) is 19.1 Å². The second-order valence-electron chi connectivity index (χ2n) is 11.1. The van der Waals surface area contributed by atoms with E-state index in [9.17, 15) is 4.10 Å². The van der Waals surface area contributed by atoms with Gasteiger partial charge in [0, 0.05) is 0 Å². The van der Waals surface area contributed by atoms with E-state index in [2.05, 4.69) is 13.8 Å². The third-order valence-corrected chi connectivity index (χ3v) is 11.0. The molecule has 0 aliphatic heterocycles. The van der Waals surface area contributed by atoms with Crippen LogP contribution >= 0.6 is 0 Å². The first-order chi connectivity index (χ1) is 16.8. The van der Waals surface area contributed by atoms with E-state index in [0.29, 0.717) is 0 Å². The molecule has 2 heteroatoms. The van der Waals surface area contributed by atoms with Crippen molar-refractivity contribution in [3.05, 3.63) is 0 Å². The van der Waals surface area contributed by atoms with Gasteiger partial charge in [-0.3, -0.25) is 0 Å². The Bertz CT molecular complexity index is 314. The predicted octanol–water partition coefficient (Wildman–Crippen LogP) is 11.9. The van der Waals surface area contributed by atoms with Crippen LogP contribution in [0, 0.1) is 0 Å². The summed E-state index contributed by atoms with van der Waals surface area (Å²) in [6.45, 7) is 4.59. The zero-order valence-corrected chi connectivity index (χ0v) is 26.0. The van der Waals surface area contributed by atoms with E-state index in [4.69, 9.17) is 0 Å². The van der Waals surface area contributed by atoms with Crippen LogP contribution in [0.25, 0.3) is 0 Å². The van der Waals surface area contributed by atoms with Crippen molar-refractivity contribution in [2.24, 2.45) is 0 Å². The fourth-order valence-corrected chi connectivity index (χ4v) is 8.03. The van der Waals surface area contributed by atoms with Crippen LogP contribution < -0.4 is 0 Å². The van der Waals surface area contributed by atoms with E-state index >= 15 is 0 Å². The van der Waals surface area contributed by atoms with E-state index in [1.54, 1.807) is 0 Å². The minimum absolute atomic E-state index is 1.18. The molecule has 0 saturated heterocycles. The van der Waals surface area contributed by atoms with Gasteiger partial charge in [-0.1, -0.05) is 52.4 Å². The Hall–Kier alpha value is 0.518. The summed E-state index contributed by atoms with van der Waals surface area (Å²) in [4.78, 5) is 0. The van der Waals surface area contributed by atoms with E-state index in [-0.39, 0.29) is 0 Å². The van der Waals surface area contributed by atoms with Gasteiger partial charge in [-0.15, -0.1) is 0 Å². The van der Waals surface area contributed by atoms with E-state index < -0.39 is 15.0 Å². The minimum Gasteiger partial charge on any atom is -0.0654 e. The Morgan fingerprint density at radius 3 is 0.676 bits per heavy atom. The predicted molar refractivity (Wildman–Crippen MR) is 158 cm³/mol. The van der Waals surface area contributed by atoms with Crippen molar-refractivity contribution in [2.45, 2.75) is 204 Å².